The van der Waals surface area contributed by atoms with Gasteiger partial charge in [-0.25, -0.2) is 0 Å². The van der Waals surface area contributed by atoms with Gasteiger partial charge in [0.25, 0.3) is 0 Å². The number of hydrogen-bond acceptors (Lipinski definition) is 2. The first-order chi connectivity index (χ1) is 8.63. The van der Waals surface area contributed by atoms with E-state index in [1.54, 1.807) is 7.11 Å². The third-order valence-corrected chi connectivity index (χ3v) is 3.14. The van der Waals surface area contributed by atoms with Crippen molar-refractivity contribution in [1.29, 1.82) is 0 Å². The Morgan fingerprint density at radius 3 is 2.67 bits per heavy atom. The SMILES string of the molecule is COCCNCC(CC(C)C)c1cccc(C)c1. The second-order valence-electron chi connectivity index (χ2n) is 5.44. The minimum Gasteiger partial charge on any atom is -0.383 e. The summed E-state index contributed by atoms with van der Waals surface area (Å²) in [5.74, 6) is 1.32. The molecule has 0 bridgehead atoms. The maximum Gasteiger partial charge on any atom is 0.0587 e. The molecule has 18 heavy (non-hydrogen) atoms. The fourth-order valence-corrected chi connectivity index (χ4v) is 2.28. The fraction of sp³-hybridized carbons (Fsp3) is 0.625. The van der Waals surface area contributed by atoms with Gasteiger partial charge < -0.3 is 10.1 Å². The van der Waals surface area contributed by atoms with Crippen molar-refractivity contribution >= 4 is 0 Å². The second-order valence-corrected chi connectivity index (χ2v) is 5.44. The van der Waals surface area contributed by atoms with Gasteiger partial charge >= 0.3 is 0 Å². The van der Waals surface area contributed by atoms with Crippen LogP contribution in [0.3, 0.4) is 0 Å². The van der Waals surface area contributed by atoms with Gasteiger partial charge in [-0.15, -0.1) is 0 Å². The Morgan fingerprint density at radius 2 is 2.06 bits per heavy atom. The van der Waals surface area contributed by atoms with E-state index in [9.17, 15) is 0 Å². The highest BCUT2D eigenvalue weighted by atomic mass is 16.5. The zero-order valence-electron chi connectivity index (χ0n) is 12.2. The Hall–Kier alpha value is -0.860. The molecule has 0 spiro atoms. The minimum absolute atomic E-state index is 0.599. The van der Waals surface area contributed by atoms with E-state index in [0.29, 0.717) is 5.92 Å². The number of methoxy groups -OCH3 is 1. The van der Waals surface area contributed by atoms with E-state index >= 15 is 0 Å². The zero-order valence-corrected chi connectivity index (χ0v) is 12.2. The van der Waals surface area contributed by atoms with Gasteiger partial charge in [0.1, 0.15) is 0 Å². The van der Waals surface area contributed by atoms with Crippen molar-refractivity contribution < 1.29 is 4.74 Å². The molecule has 1 atom stereocenters. The number of aryl methyl sites for hydroxylation is 1. The maximum atomic E-state index is 5.07. The summed E-state index contributed by atoms with van der Waals surface area (Å²) in [6, 6.07) is 8.88. The van der Waals surface area contributed by atoms with Gasteiger partial charge in [0, 0.05) is 20.2 Å². The summed E-state index contributed by atoms with van der Waals surface area (Å²) in [6.45, 7) is 9.48. The molecule has 1 aromatic carbocycles. The lowest BCUT2D eigenvalue weighted by molar-refractivity contribution is 0.198. The Kier molecular flexibility index (Phi) is 6.99. The Labute approximate surface area is 112 Å². The molecule has 1 unspecified atom stereocenters. The van der Waals surface area contributed by atoms with Crippen LogP contribution in [0.1, 0.15) is 37.3 Å². The summed E-state index contributed by atoms with van der Waals surface area (Å²) in [4.78, 5) is 0. The van der Waals surface area contributed by atoms with E-state index < -0.39 is 0 Å². The number of benzene rings is 1. The average molecular weight is 249 g/mol. The molecule has 0 aromatic heterocycles. The third kappa shape index (κ3) is 5.65. The number of nitrogens with one attached hydrogen (secondary N) is 1. The smallest absolute Gasteiger partial charge is 0.0587 e. The first-order valence-electron chi connectivity index (χ1n) is 6.89. The van der Waals surface area contributed by atoms with Crippen LogP contribution in [0.4, 0.5) is 0 Å². The molecule has 0 aliphatic heterocycles. The molecular formula is C16H27NO. The first-order valence-corrected chi connectivity index (χ1v) is 6.89. The molecule has 0 aliphatic rings. The van der Waals surface area contributed by atoms with Crippen LogP contribution in [0.2, 0.25) is 0 Å². The van der Waals surface area contributed by atoms with Gasteiger partial charge in [0.2, 0.25) is 0 Å². The molecule has 1 aromatic rings. The second kappa shape index (κ2) is 8.28. The van der Waals surface area contributed by atoms with E-state index in [0.717, 1.165) is 25.6 Å². The van der Waals surface area contributed by atoms with E-state index in [1.807, 2.05) is 0 Å². The summed E-state index contributed by atoms with van der Waals surface area (Å²) < 4.78 is 5.07. The van der Waals surface area contributed by atoms with E-state index in [4.69, 9.17) is 4.74 Å². The summed E-state index contributed by atoms with van der Waals surface area (Å²) in [5.41, 5.74) is 2.80. The first kappa shape index (κ1) is 15.2. The Bertz CT molecular complexity index is 336. The van der Waals surface area contributed by atoms with Crippen molar-refractivity contribution in [2.24, 2.45) is 5.92 Å². The molecule has 2 nitrogen and oxygen atoms in total. The molecule has 0 saturated carbocycles. The van der Waals surface area contributed by atoms with Crippen molar-refractivity contribution in [3.05, 3.63) is 35.4 Å². The van der Waals surface area contributed by atoms with Gasteiger partial charge in [-0.2, -0.15) is 0 Å². The van der Waals surface area contributed by atoms with Crippen LogP contribution in [-0.4, -0.2) is 26.8 Å². The molecule has 1 N–H and O–H groups in total. The van der Waals surface area contributed by atoms with Gasteiger partial charge in [-0.3, -0.25) is 0 Å². The van der Waals surface area contributed by atoms with Gasteiger partial charge in [0.15, 0.2) is 0 Å². The quantitative estimate of drug-likeness (QED) is 0.713. The average Bonchev–Trinajstić information content (AvgIpc) is 2.32. The summed E-state index contributed by atoms with van der Waals surface area (Å²) in [7, 11) is 1.74. The summed E-state index contributed by atoms with van der Waals surface area (Å²) >= 11 is 0. The molecule has 1 rings (SSSR count). The van der Waals surface area contributed by atoms with Gasteiger partial charge in [0.05, 0.1) is 6.61 Å². The molecule has 2 heteroatoms. The van der Waals surface area contributed by atoms with Crippen LogP contribution in [0.5, 0.6) is 0 Å². The molecule has 0 radical (unpaired) electrons. The zero-order chi connectivity index (χ0) is 13.4. The van der Waals surface area contributed by atoms with Crippen LogP contribution < -0.4 is 5.32 Å². The summed E-state index contributed by atoms with van der Waals surface area (Å²) in [6.07, 6.45) is 1.23. The number of hydrogen-bond donors (Lipinski definition) is 1. The lowest BCUT2D eigenvalue weighted by Gasteiger charge is -2.20. The van der Waals surface area contributed by atoms with E-state index in [1.165, 1.54) is 17.5 Å². The van der Waals surface area contributed by atoms with Crippen LogP contribution in [0.25, 0.3) is 0 Å². The minimum atomic E-state index is 0.599. The molecular weight excluding hydrogens is 222 g/mol. The Morgan fingerprint density at radius 1 is 1.28 bits per heavy atom. The van der Waals surface area contributed by atoms with E-state index in [-0.39, 0.29) is 0 Å². The predicted octanol–water partition coefficient (Wildman–Crippen LogP) is 3.36. The topological polar surface area (TPSA) is 21.3 Å². The summed E-state index contributed by atoms with van der Waals surface area (Å²) in [5, 5.41) is 3.48. The lowest BCUT2D eigenvalue weighted by atomic mass is 9.89. The highest BCUT2D eigenvalue weighted by Crippen LogP contribution is 2.23. The lowest BCUT2D eigenvalue weighted by Crippen LogP contribution is -2.26. The number of rotatable bonds is 8. The molecule has 0 fully saturated rings. The van der Waals surface area contributed by atoms with Crippen LogP contribution >= 0.6 is 0 Å². The highest BCUT2D eigenvalue weighted by Gasteiger charge is 2.13. The predicted molar refractivity (Wildman–Crippen MR) is 78.1 cm³/mol. The van der Waals surface area contributed by atoms with Gasteiger partial charge in [-0.1, -0.05) is 43.7 Å². The largest absolute Gasteiger partial charge is 0.383 e. The highest BCUT2D eigenvalue weighted by molar-refractivity contribution is 5.25. The van der Waals surface area contributed by atoms with Crippen LogP contribution in [-0.2, 0) is 4.74 Å². The monoisotopic (exact) mass is 249 g/mol. The van der Waals surface area contributed by atoms with Crippen molar-refractivity contribution in [1.82, 2.24) is 5.32 Å². The maximum absolute atomic E-state index is 5.07. The number of ether oxygens (including phenoxy) is 1. The third-order valence-electron chi connectivity index (χ3n) is 3.14. The molecule has 0 aliphatic carbocycles. The molecule has 0 saturated heterocycles. The van der Waals surface area contributed by atoms with Crippen molar-refractivity contribution in [2.45, 2.75) is 33.1 Å². The van der Waals surface area contributed by atoms with Crippen molar-refractivity contribution in [3.8, 4) is 0 Å². The van der Waals surface area contributed by atoms with Crippen molar-refractivity contribution in [2.75, 3.05) is 26.8 Å². The van der Waals surface area contributed by atoms with E-state index in [2.05, 4.69) is 50.4 Å². The molecule has 0 heterocycles. The van der Waals surface area contributed by atoms with Crippen molar-refractivity contribution in [3.63, 3.8) is 0 Å². The molecule has 0 amide bonds. The Balaban J connectivity index is 2.60. The normalized spacial score (nSPS) is 12.9. The van der Waals surface area contributed by atoms with Gasteiger partial charge in [-0.05, 0) is 30.7 Å². The van der Waals surface area contributed by atoms with Crippen LogP contribution in [0, 0.1) is 12.8 Å². The molecule has 102 valence electrons. The fourth-order valence-electron chi connectivity index (χ4n) is 2.28. The standard InChI is InChI=1S/C16H27NO/c1-13(2)10-16(12-17-8-9-18-4)15-7-5-6-14(3)11-15/h5-7,11,13,16-17H,8-10,12H2,1-4H3. The van der Waals surface area contributed by atoms with Crippen LogP contribution in [0.15, 0.2) is 24.3 Å².